The van der Waals surface area contributed by atoms with E-state index in [9.17, 15) is 0 Å². The van der Waals surface area contributed by atoms with Gasteiger partial charge in [0.05, 0.1) is 33.1 Å². The molecule has 0 saturated carbocycles. The van der Waals surface area contributed by atoms with Crippen molar-refractivity contribution in [2.75, 3.05) is 0 Å². The van der Waals surface area contributed by atoms with Gasteiger partial charge in [0.2, 0.25) is 0 Å². The number of hydrogen-bond donors (Lipinski definition) is 0. The number of nitrogens with zero attached hydrogens (tertiary/aromatic N) is 3. The summed E-state index contributed by atoms with van der Waals surface area (Å²) in [6, 6.07) is 105. The van der Waals surface area contributed by atoms with Crippen LogP contribution in [-0.4, -0.2) is 21.8 Å². The third kappa shape index (κ3) is 6.38. The van der Waals surface area contributed by atoms with E-state index < -0.39 is 8.07 Å². The molecule has 0 amide bonds. The summed E-state index contributed by atoms with van der Waals surface area (Å²) in [5.41, 5.74) is 14.4. The van der Waals surface area contributed by atoms with Gasteiger partial charge in [-0.25, -0.2) is 0 Å². The van der Waals surface area contributed by atoms with E-state index in [1.165, 1.54) is 69.6 Å². The lowest BCUT2D eigenvalue weighted by atomic mass is 9.97. The van der Waals surface area contributed by atoms with Crippen molar-refractivity contribution in [2.45, 2.75) is 0 Å². The zero-order chi connectivity index (χ0) is 50.6. The van der Waals surface area contributed by atoms with Gasteiger partial charge in [-0.15, -0.1) is 0 Å². The van der Waals surface area contributed by atoms with Gasteiger partial charge >= 0.3 is 0 Å². The number of fused-ring (bicyclic) bond motifs is 12. The van der Waals surface area contributed by atoms with Crippen molar-refractivity contribution in [1.29, 1.82) is 0 Å². The van der Waals surface area contributed by atoms with Crippen molar-refractivity contribution >= 4 is 116 Å². The van der Waals surface area contributed by atoms with E-state index >= 15 is 0 Å². The number of para-hydroxylation sites is 5. The van der Waals surface area contributed by atoms with E-state index in [4.69, 9.17) is 4.42 Å². The summed E-state index contributed by atoms with van der Waals surface area (Å²) in [6.07, 6.45) is 0. The highest BCUT2D eigenvalue weighted by atomic mass is 28.3. The number of furan rings is 1. The van der Waals surface area contributed by atoms with Gasteiger partial charge in [0, 0.05) is 65.7 Å². The predicted molar refractivity (Wildman–Crippen MR) is 326 cm³/mol. The van der Waals surface area contributed by atoms with E-state index in [1.54, 1.807) is 0 Å². The highest BCUT2D eigenvalue weighted by Gasteiger charge is 2.41. The molecule has 16 rings (SSSR count). The fraction of sp³-hybridized carbons (Fsp3) is 0. The molecule has 0 atom stereocenters. The zero-order valence-electron chi connectivity index (χ0n) is 41.9. The van der Waals surface area contributed by atoms with Crippen LogP contribution in [0, 0.1) is 0 Å². The number of rotatable bonds is 8. The Morgan fingerprint density at radius 2 is 0.649 bits per heavy atom. The minimum atomic E-state index is -2.81. The lowest BCUT2D eigenvalue weighted by molar-refractivity contribution is 0.669. The molecule has 77 heavy (non-hydrogen) atoms. The molecule has 0 fully saturated rings. The molecule has 0 spiro atoms. The van der Waals surface area contributed by atoms with Gasteiger partial charge in [-0.1, -0.05) is 206 Å². The van der Waals surface area contributed by atoms with E-state index in [0.717, 1.165) is 66.7 Å². The molecule has 4 aromatic heterocycles. The monoisotopic (exact) mass is 997 g/mol. The first-order chi connectivity index (χ1) is 38.2. The van der Waals surface area contributed by atoms with Crippen LogP contribution in [0.2, 0.25) is 0 Å². The van der Waals surface area contributed by atoms with Gasteiger partial charge in [0.1, 0.15) is 11.2 Å². The standard InChI is InChI=1S/C72H47N3OSi/c1-4-22-51(23-5-1)77(52-24-6-2-7-25-52,53-26-8-3-9-27-53)54-28-18-21-48(45-54)73-66-38-16-12-31-57(66)62-47-50(42-43-67(62)73)75-68-44-41-49(74-64-36-14-10-29-55(64)56-30-11-15-37-65(56)74)46-63(68)60-35-19-34-59(72(60)75)58-33-20-40-70-71(58)61-32-13-17-39-69(61)76-70/h1-47H. The molecule has 12 aromatic carbocycles. The molecule has 0 saturated heterocycles. The Morgan fingerprint density at radius 1 is 0.247 bits per heavy atom. The first-order valence-electron chi connectivity index (χ1n) is 26.5. The predicted octanol–water partition coefficient (Wildman–Crippen LogP) is 15.9. The second-order valence-corrected chi connectivity index (χ2v) is 24.1. The zero-order valence-corrected chi connectivity index (χ0v) is 42.9. The Labute approximate surface area is 445 Å². The number of hydrogen-bond acceptors (Lipinski definition) is 1. The SMILES string of the molecule is c1ccc([Si](c2ccccc2)(c2ccccc2)c2cccc(-n3c4ccccc4c4cc(-n5c6ccc(-n7c8ccccc8c8ccccc87)cc6c6cccc(-c7cccc8oc9ccccc9c78)c65)ccc43)c2)cc1. The van der Waals surface area contributed by atoms with Crippen LogP contribution in [0.4, 0.5) is 0 Å². The van der Waals surface area contributed by atoms with Crippen molar-refractivity contribution in [1.82, 2.24) is 13.7 Å². The number of aromatic nitrogens is 3. The van der Waals surface area contributed by atoms with Crippen molar-refractivity contribution in [2.24, 2.45) is 0 Å². The van der Waals surface area contributed by atoms with Crippen LogP contribution >= 0.6 is 0 Å². The van der Waals surface area contributed by atoms with Crippen molar-refractivity contribution in [3.63, 3.8) is 0 Å². The molecule has 0 aliphatic carbocycles. The Bertz CT molecular complexity index is 4840. The third-order valence-corrected chi connectivity index (χ3v) is 21.1. The first kappa shape index (κ1) is 43.5. The fourth-order valence-electron chi connectivity index (χ4n) is 13.2. The van der Waals surface area contributed by atoms with E-state index in [0.29, 0.717) is 0 Å². The molecular formula is C72H47N3OSi. The quantitative estimate of drug-likeness (QED) is 0.110. The molecule has 0 unspecified atom stereocenters. The summed E-state index contributed by atoms with van der Waals surface area (Å²) in [4.78, 5) is 0. The first-order valence-corrected chi connectivity index (χ1v) is 28.5. The maximum absolute atomic E-state index is 6.54. The fourth-order valence-corrected chi connectivity index (χ4v) is 18.0. The smallest absolute Gasteiger partial charge is 0.179 e. The second-order valence-electron chi connectivity index (χ2n) is 20.3. The largest absolute Gasteiger partial charge is 0.456 e. The van der Waals surface area contributed by atoms with Crippen LogP contribution in [0.15, 0.2) is 290 Å². The van der Waals surface area contributed by atoms with Gasteiger partial charge in [-0.2, -0.15) is 0 Å². The molecule has 0 bridgehead atoms. The summed E-state index contributed by atoms with van der Waals surface area (Å²) in [7, 11) is -2.81. The lowest BCUT2D eigenvalue weighted by Gasteiger charge is -2.34. The lowest BCUT2D eigenvalue weighted by Crippen LogP contribution is -2.74. The molecule has 16 aromatic rings. The molecule has 0 aliphatic rings. The van der Waals surface area contributed by atoms with Crippen molar-refractivity contribution < 1.29 is 4.42 Å². The normalized spacial score (nSPS) is 12.2. The van der Waals surface area contributed by atoms with Crippen molar-refractivity contribution in [3.05, 3.63) is 285 Å². The molecule has 5 heteroatoms. The molecular weight excluding hydrogens is 951 g/mol. The summed E-state index contributed by atoms with van der Waals surface area (Å²) in [5.74, 6) is 0. The van der Waals surface area contributed by atoms with Crippen LogP contribution < -0.4 is 20.7 Å². The average Bonchev–Trinajstić information content (AvgIpc) is 4.38. The van der Waals surface area contributed by atoms with Gasteiger partial charge in [-0.3, -0.25) is 0 Å². The maximum Gasteiger partial charge on any atom is 0.179 e. The molecule has 0 radical (unpaired) electrons. The van der Waals surface area contributed by atoms with Gasteiger partial charge in [0.15, 0.2) is 8.07 Å². The van der Waals surface area contributed by atoms with Crippen molar-refractivity contribution in [3.8, 4) is 28.2 Å². The summed E-state index contributed by atoms with van der Waals surface area (Å²) in [5, 5.41) is 14.9. The van der Waals surface area contributed by atoms with Crippen LogP contribution in [0.5, 0.6) is 0 Å². The highest BCUT2D eigenvalue weighted by molar-refractivity contribution is 7.19. The van der Waals surface area contributed by atoms with Crippen LogP contribution in [-0.2, 0) is 0 Å². The minimum Gasteiger partial charge on any atom is -0.456 e. The van der Waals surface area contributed by atoms with Gasteiger partial charge in [0.25, 0.3) is 0 Å². The van der Waals surface area contributed by atoms with Crippen LogP contribution in [0.3, 0.4) is 0 Å². The highest BCUT2D eigenvalue weighted by Crippen LogP contribution is 2.45. The Hall–Kier alpha value is -9.94. The molecule has 0 N–H and O–H groups in total. The van der Waals surface area contributed by atoms with Gasteiger partial charge < -0.3 is 18.1 Å². The second kappa shape index (κ2) is 17.0. The van der Waals surface area contributed by atoms with Crippen LogP contribution in [0.1, 0.15) is 0 Å². The molecule has 0 aliphatic heterocycles. The van der Waals surface area contributed by atoms with E-state index in [2.05, 4.69) is 299 Å². The Balaban J connectivity index is 0.952. The minimum absolute atomic E-state index is 0.881. The number of benzene rings is 12. The van der Waals surface area contributed by atoms with E-state index in [1.807, 2.05) is 0 Å². The van der Waals surface area contributed by atoms with Crippen LogP contribution in [0.25, 0.3) is 116 Å². The summed E-state index contributed by atoms with van der Waals surface area (Å²) in [6.45, 7) is 0. The molecule has 4 nitrogen and oxygen atoms in total. The summed E-state index contributed by atoms with van der Waals surface area (Å²) < 4.78 is 14.0. The molecule has 4 heterocycles. The Kier molecular flexibility index (Phi) is 9.62. The maximum atomic E-state index is 6.54. The third-order valence-electron chi connectivity index (χ3n) is 16.4. The topological polar surface area (TPSA) is 27.9 Å². The average molecular weight is 998 g/mol. The molecule has 360 valence electrons. The summed E-state index contributed by atoms with van der Waals surface area (Å²) >= 11 is 0. The Morgan fingerprint density at radius 3 is 1.26 bits per heavy atom. The van der Waals surface area contributed by atoms with E-state index in [-0.39, 0.29) is 0 Å². The van der Waals surface area contributed by atoms with Gasteiger partial charge in [-0.05, 0) is 105 Å².